The number of aromatic nitrogens is 1. The van der Waals surface area contributed by atoms with E-state index in [-0.39, 0.29) is 11.9 Å². The number of rotatable bonds is 5. The number of thiazole rings is 1. The summed E-state index contributed by atoms with van der Waals surface area (Å²) in [5, 5.41) is 2.75. The molecule has 1 rings (SSSR count). The molecule has 0 bridgehead atoms. The van der Waals surface area contributed by atoms with Crippen LogP contribution in [0.25, 0.3) is 0 Å². The Morgan fingerprint density at radius 3 is 2.71 bits per heavy atom. The number of nitrogens with two attached hydrogens (primary N) is 1. The van der Waals surface area contributed by atoms with Gasteiger partial charge in [-0.15, -0.1) is 11.3 Å². The van der Waals surface area contributed by atoms with E-state index in [4.69, 9.17) is 5.73 Å². The van der Waals surface area contributed by atoms with Gasteiger partial charge in [0.25, 0.3) is 5.91 Å². The van der Waals surface area contributed by atoms with E-state index in [0.717, 1.165) is 11.4 Å². The highest BCUT2D eigenvalue weighted by molar-refractivity contribution is 7.09. The monoisotopic (exact) mass is 255 g/mol. The van der Waals surface area contributed by atoms with Gasteiger partial charge in [-0.2, -0.15) is 0 Å². The predicted molar refractivity (Wildman–Crippen MR) is 71.3 cm³/mol. The van der Waals surface area contributed by atoms with Gasteiger partial charge in [0.05, 0.1) is 5.01 Å². The number of amides is 1. The molecule has 0 aromatic carbocycles. The minimum absolute atomic E-state index is 0.00859. The molecule has 0 aliphatic heterocycles. The van der Waals surface area contributed by atoms with Crippen molar-refractivity contribution < 1.29 is 4.79 Å². The first-order valence-corrected chi connectivity index (χ1v) is 6.77. The minimum Gasteiger partial charge on any atom is -0.337 e. The van der Waals surface area contributed by atoms with Gasteiger partial charge in [0.2, 0.25) is 0 Å². The Labute approximate surface area is 107 Å². The molecule has 1 atom stereocenters. The molecular formula is C12H21N3OS. The van der Waals surface area contributed by atoms with E-state index in [1.165, 1.54) is 11.3 Å². The lowest BCUT2D eigenvalue weighted by Crippen LogP contribution is -2.38. The molecule has 1 unspecified atom stereocenters. The molecule has 0 aliphatic rings. The van der Waals surface area contributed by atoms with Crippen molar-refractivity contribution in [3.05, 3.63) is 16.1 Å². The van der Waals surface area contributed by atoms with Gasteiger partial charge in [-0.3, -0.25) is 4.79 Å². The van der Waals surface area contributed by atoms with Gasteiger partial charge in [0.15, 0.2) is 0 Å². The molecule has 0 spiro atoms. The standard InChI is InChI=1S/C12H21N3OS/c1-8(2)9(3)15(4)12(16)10-7-17-11(14-10)5-6-13/h7-9H,5-6,13H2,1-4H3. The largest absolute Gasteiger partial charge is 0.337 e. The first-order valence-electron chi connectivity index (χ1n) is 5.89. The summed E-state index contributed by atoms with van der Waals surface area (Å²) in [5.41, 5.74) is 6.00. The van der Waals surface area contributed by atoms with Crippen LogP contribution in [-0.4, -0.2) is 35.4 Å². The third-order valence-electron chi connectivity index (χ3n) is 3.03. The minimum atomic E-state index is -0.00859. The van der Waals surface area contributed by atoms with Gasteiger partial charge in [-0.05, 0) is 19.4 Å². The smallest absolute Gasteiger partial charge is 0.273 e. The Morgan fingerprint density at radius 1 is 1.53 bits per heavy atom. The van der Waals surface area contributed by atoms with E-state index in [1.807, 2.05) is 12.4 Å². The summed E-state index contributed by atoms with van der Waals surface area (Å²) in [5.74, 6) is 0.428. The molecule has 0 saturated carbocycles. The molecule has 0 fully saturated rings. The van der Waals surface area contributed by atoms with Crippen molar-refractivity contribution in [3.63, 3.8) is 0 Å². The molecule has 1 amide bonds. The average Bonchev–Trinajstić information content (AvgIpc) is 2.75. The van der Waals surface area contributed by atoms with Crippen LogP contribution in [0.1, 0.15) is 36.3 Å². The van der Waals surface area contributed by atoms with Gasteiger partial charge < -0.3 is 10.6 Å². The van der Waals surface area contributed by atoms with Gasteiger partial charge in [-0.1, -0.05) is 13.8 Å². The second-order valence-electron chi connectivity index (χ2n) is 4.57. The van der Waals surface area contributed by atoms with Gasteiger partial charge in [0, 0.05) is 24.9 Å². The van der Waals surface area contributed by atoms with Crippen LogP contribution < -0.4 is 5.73 Å². The topological polar surface area (TPSA) is 59.2 Å². The molecule has 0 radical (unpaired) electrons. The van der Waals surface area contributed by atoms with Crippen LogP contribution in [-0.2, 0) is 6.42 Å². The maximum absolute atomic E-state index is 12.1. The molecule has 0 saturated heterocycles. The maximum atomic E-state index is 12.1. The highest BCUT2D eigenvalue weighted by Gasteiger charge is 2.21. The highest BCUT2D eigenvalue weighted by Crippen LogP contribution is 2.15. The number of hydrogen-bond donors (Lipinski definition) is 1. The zero-order valence-electron chi connectivity index (χ0n) is 10.9. The molecular weight excluding hydrogens is 234 g/mol. The van der Waals surface area contributed by atoms with Crippen molar-refractivity contribution in [3.8, 4) is 0 Å². The van der Waals surface area contributed by atoms with Crippen molar-refractivity contribution in [2.24, 2.45) is 11.7 Å². The van der Waals surface area contributed by atoms with Crippen LogP contribution in [0.3, 0.4) is 0 Å². The Kier molecular flexibility index (Phi) is 5.08. The van der Waals surface area contributed by atoms with Crippen LogP contribution in [0, 0.1) is 5.92 Å². The van der Waals surface area contributed by atoms with Gasteiger partial charge in [0.1, 0.15) is 5.69 Å². The van der Waals surface area contributed by atoms with Crippen molar-refractivity contribution in [2.45, 2.75) is 33.2 Å². The molecule has 96 valence electrons. The van der Waals surface area contributed by atoms with E-state index in [0.29, 0.717) is 18.2 Å². The summed E-state index contributed by atoms with van der Waals surface area (Å²) in [4.78, 5) is 18.2. The van der Waals surface area contributed by atoms with Crippen LogP contribution in [0.5, 0.6) is 0 Å². The number of nitrogens with zero attached hydrogens (tertiary/aromatic N) is 2. The van der Waals surface area contributed by atoms with E-state index >= 15 is 0 Å². The normalized spacial score (nSPS) is 12.8. The number of carbonyl (C=O) groups excluding carboxylic acids is 1. The summed E-state index contributed by atoms with van der Waals surface area (Å²) >= 11 is 1.50. The molecule has 17 heavy (non-hydrogen) atoms. The van der Waals surface area contributed by atoms with Crippen molar-refractivity contribution in [2.75, 3.05) is 13.6 Å². The Hall–Kier alpha value is -0.940. The Balaban J connectivity index is 2.74. The summed E-state index contributed by atoms with van der Waals surface area (Å²) in [6.07, 6.45) is 0.737. The maximum Gasteiger partial charge on any atom is 0.273 e. The van der Waals surface area contributed by atoms with E-state index in [1.54, 1.807) is 4.90 Å². The molecule has 2 N–H and O–H groups in total. The van der Waals surface area contributed by atoms with Crippen LogP contribution in [0.2, 0.25) is 0 Å². The first-order chi connectivity index (χ1) is 7.97. The fraction of sp³-hybridized carbons (Fsp3) is 0.667. The van der Waals surface area contributed by atoms with E-state index in [2.05, 4.69) is 25.8 Å². The summed E-state index contributed by atoms with van der Waals surface area (Å²) in [6.45, 7) is 6.83. The third-order valence-corrected chi connectivity index (χ3v) is 3.93. The fourth-order valence-electron chi connectivity index (χ4n) is 1.46. The molecule has 1 heterocycles. The molecule has 1 aromatic rings. The number of carbonyl (C=O) groups is 1. The summed E-state index contributed by atoms with van der Waals surface area (Å²) in [7, 11) is 1.83. The second-order valence-corrected chi connectivity index (χ2v) is 5.51. The summed E-state index contributed by atoms with van der Waals surface area (Å²) in [6, 6.07) is 0.210. The zero-order chi connectivity index (χ0) is 13.0. The molecule has 0 aliphatic carbocycles. The average molecular weight is 255 g/mol. The SMILES string of the molecule is CC(C)C(C)N(C)C(=O)c1csc(CCN)n1. The Morgan fingerprint density at radius 2 is 2.18 bits per heavy atom. The predicted octanol–water partition coefficient (Wildman–Crippen LogP) is 1.76. The highest BCUT2D eigenvalue weighted by atomic mass is 32.1. The second kappa shape index (κ2) is 6.12. The lowest BCUT2D eigenvalue weighted by molar-refractivity contribution is 0.0702. The fourth-order valence-corrected chi connectivity index (χ4v) is 2.25. The van der Waals surface area contributed by atoms with E-state index < -0.39 is 0 Å². The van der Waals surface area contributed by atoms with Gasteiger partial charge in [-0.25, -0.2) is 4.98 Å². The summed E-state index contributed by atoms with van der Waals surface area (Å²) < 4.78 is 0. The first kappa shape index (κ1) is 14.1. The van der Waals surface area contributed by atoms with Crippen molar-refractivity contribution in [1.82, 2.24) is 9.88 Å². The van der Waals surface area contributed by atoms with Crippen molar-refractivity contribution in [1.29, 1.82) is 0 Å². The van der Waals surface area contributed by atoms with Crippen molar-refractivity contribution >= 4 is 17.2 Å². The third kappa shape index (κ3) is 3.51. The number of hydrogen-bond acceptors (Lipinski definition) is 4. The van der Waals surface area contributed by atoms with Gasteiger partial charge >= 0.3 is 0 Å². The van der Waals surface area contributed by atoms with E-state index in [9.17, 15) is 4.79 Å². The van der Waals surface area contributed by atoms with Crippen LogP contribution in [0.4, 0.5) is 0 Å². The molecule has 4 nitrogen and oxygen atoms in total. The van der Waals surface area contributed by atoms with Crippen LogP contribution in [0.15, 0.2) is 5.38 Å². The van der Waals surface area contributed by atoms with Crippen LogP contribution >= 0.6 is 11.3 Å². The zero-order valence-corrected chi connectivity index (χ0v) is 11.8. The lowest BCUT2D eigenvalue weighted by Gasteiger charge is -2.27. The Bertz CT molecular complexity index is 376. The molecule has 5 heteroatoms. The quantitative estimate of drug-likeness (QED) is 0.872. The molecule has 1 aromatic heterocycles. The lowest BCUT2D eigenvalue weighted by atomic mass is 10.1.